The van der Waals surface area contributed by atoms with E-state index in [9.17, 15) is 14.4 Å². The summed E-state index contributed by atoms with van der Waals surface area (Å²) in [5, 5.41) is 11.5. The van der Waals surface area contributed by atoms with E-state index in [0.29, 0.717) is 44.8 Å². The fraction of sp³-hybridized carbons (Fsp3) is 0.450. The standard InChI is InChI=1S/C20H25N5O4/c1-22-11-16-18(26)25(13-24(16)12-22)15-7-9-23(10-8-15)19(27)17(21-20(28)29)14-5-3-2-4-6-14/h2-6,11,15,17,21H,7-10,12-13H2,1H3,(H,28,29). The van der Waals surface area contributed by atoms with Gasteiger partial charge in [-0.2, -0.15) is 0 Å². The first kappa shape index (κ1) is 19.1. The van der Waals surface area contributed by atoms with Crippen LogP contribution in [0.25, 0.3) is 0 Å². The molecule has 0 aliphatic carbocycles. The summed E-state index contributed by atoms with van der Waals surface area (Å²) in [5.41, 5.74) is 1.36. The van der Waals surface area contributed by atoms with Crippen LogP contribution in [0.1, 0.15) is 24.4 Å². The first-order valence-electron chi connectivity index (χ1n) is 9.75. The molecule has 2 fully saturated rings. The minimum Gasteiger partial charge on any atom is -0.465 e. The fourth-order valence-electron chi connectivity index (χ4n) is 4.30. The number of benzene rings is 1. The smallest absolute Gasteiger partial charge is 0.405 e. The molecule has 1 aromatic carbocycles. The van der Waals surface area contributed by atoms with Gasteiger partial charge in [-0.3, -0.25) is 9.59 Å². The second kappa shape index (κ2) is 7.65. The number of nitrogens with zero attached hydrogens (tertiary/aromatic N) is 4. The zero-order valence-electron chi connectivity index (χ0n) is 16.3. The van der Waals surface area contributed by atoms with Crippen LogP contribution in [0.5, 0.6) is 0 Å². The van der Waals surface area contributed by atoms with Crippen molar-refractivity contribution in [3.8, 4) is 0 Å². The molecular weight excluding hydrogens is 374 g/mol. The molecule has 9 nitrogen and oxygen atoms in total. The summed E-state index contributed by atoms with van der Waals surface area (Å²) in [4.78, 5) is 44.6. The van der Waals surface area contributed by atoms with Crippen LogP contribution < -0.4 is 5.32 Å². The van der Waals surface area contributed by atoms with E-state index in [4.69, 9.17) is 5.11 Å². The number of hydrogen-bond donors (Lipinski definition) is 2. The van der Waals surface area contributed by atoms with Crippen LogP contribution in [0, 0.1) is 0 Å². The van der Waals surface area contributed by atoms with Crippen molar-refractivity contribution >= 4 is 17.9 Å². The lowest BCUT2D eigenvalue weighted by Crippen LogP contribution is -2.50. The molecular formula is C20H25N5O4. The maximum atomic E-state index is 13.0. The van der Waals surface area contributed by atoms with Crippen LogP contribution in [0.2, 0.25) is 0 Å². The van der Waals surface area contributed by atoms with Crippen LogP contribution in [-0.2, 0) is 9.59 Å². The monoisotopic (exact) mass is 399 g/mol. The van der Waals surface area contributed by atoms with Crippen molar-refractivity contribution in [2.75, 3.05) is 33.5 Å². The summed E-state index contributed by atoms with van der Waals surface area (Å²) in [6.07, 6.45) is 2.01. The van der Waals surface area contributed by atoms with E-state index in [0.717, 1.165) is 5.70 Å². The maximum absolute atomic E-state index is 13.0. The highest BCUT2D eigenvalue weighted by molar-refractivity contribution is 5.95. The van der Waals surface area contributed by atoms with E-state index in [-0.39, 0.29) is 17.9 Å². The fourth-order valence-corrected chi connectivity index (χ4v) is 4.30. The molecule has 1 unspecified atom stereocenters. The molecule has 29 heavy (non-hydrogen) atoms. The van der Waals surface area contributed by atoms with Gasteiger partial charge in [0, 0.05) is 32.4 Å². The van der Waals surface area contributed by atoms with Gasteiger partial charge in [-0.15, -0.1) is 0 Å². The lowest BCUT2D eigenvalue weighted by atomic mass is 10.0. The number of amides is 3. The first-order valence-corrected chi connectivity index (χ1v) is 9.75. The van der Waals surface area contributed by atoms with Crippen molar-refractivity contribution in [1.82, 2.24) is 24.9 Å². The highest BCUT2D eigenvalue weighted by atomic mass is 16.4. The largest absolute Gasteiger partial charge is 0.465 e. The molecule has 0 aromatic heterocycles. The van der Waals surface area contributed by atoms with Crippen molar-refractivity contribution in [1.29, 1.82) is 0 Å². The highest BCUT2D eigenvalue weighted by Gasteiger charge is 2.41. The van der Waals surface area contributed by atoms with Crippen molar-refractivity contribution in [2.45, 2.75) is 24.9 Å². The Bertz CT molecular complexity index is 835. The zero-order valence-corrected chi connectivity index (χ0v) is 16.3. The van der Waals surface area contributed by atoms with Crippen LogP contribution in [0.3, 0.4) is 0 Å². The lowest BCUT2D eigenvalue weighted by molar-refractivity contribution is -0.136. The summed E-state index contributed by atoms with van der Waals surface area (Å²) < 4.78 is 0. The van der Waals surface area contributed by atoms with Crippen LogP contribution in [-0.4, -0.2) is 82.1 Å². The number of carboxylic acid groups (broad SMARTS) is 1. The topological polar surface area (TPSA) is 96.4 Å². The van der Waals surface area contributed by atoms with Gasteiger partial charge in [0.2, 0.25) is 5.91 Å². The van der Waals surface area contributed by atoms with E-state index in [1.165, 1.54) is 0 Å². The number of carbonyl (C=O) groups excluding carboxylic acids is 2. The molecule has 0 spiro atoms. The summed E-state index contributed by atoms with van der Waals surface area (Å²) in [7, 11) is 1.95. The van der Waals surface area contributed by atoms with E-state index in [1.54, 1.807) is 29.2 Å². The Morgan fingerprint density at radius 3 is 2.45 bits per heavy atom. The number of fused-ring (bicyclic) bond motifs is 1. The van der Waals surface area contributed by atoms with E-state index in [2.05, 4.69) is 10.2 Å². The highest BCUT2D eigenvalue weighted by Crippen LogP contribution is 2.29. The number of hydrogen-bond acceptors (Lipinski definition) is 5. The third kappa shape index (κ3) is 3.72. The third-order valence-electron chi connectivity index (χ3n) is 5.74. The number of piperidine rings is 1. The Hall–Kier alpha value is -3.23. The molecule has 9 heteroatoms. The average Bonchev–Trinajstić information content (AvgIpc) is 3.23. The van der Waals surface area contributed by atoms with E-state index < -0.39 is 12.1 Å². The Balaban J connectivity index is 1.40. The van der Waals surface area contributed by atoms with Gasteiger partial charge in [0.05, 0.1) is 13.3 Å². The molecule has 4 rings (SSSR count). The normalized spacial score (nSPS) is 20.6. The number of rotatable bonds is 4. The molecule has 0 radical (unpaired) electrons. The SMILES string of the molecule is CN1C=C2C(=O)N(C3CCN(C(=O)C(NC(=O)O)c4ccccc4)CC3)CN2C1. The number of carbonyl (C=O) groups is 3. The summed E-state index contributed by atoms with van der Waals surface area (Å²) in [6.45, 7) is 2.29. The average molecular weight is 399 g/mol. The van der Waals surface area contributed by atoms with E-state index >= 15 is 0 Å². The van der Waals surface area contributed by atoms with Gasteiger partial charge in [0.15, 0.2) is 0 Å². The number of likely N-dealkylation sites (tertiary alicyclic amines) is 1. The molecule has 1 atom stereocenters. The van der Waals surface area contributed by atoms with Crippen LogP contribution in [0.4, 0.5) is 4.79 Å². The van der Waals surface area contributed by atoms with Gasteiger partial charge in [-0.25, -0.2) is 4.79 Å². The molecule has 0 bridgehead atoms. The summed E-state index contributed by atoms with van der Waals surface area (Å²) >= 11 is 0. The molecule has 3 aliphatic heterocycles. The lowest BCUT2D eigenvalue weighted by Gasteiger charge is -2.38. The van der Waals surface area contributed by atoms with Gasteiger partial charge >= 0.3 is 6.09 Å². The molecule has 2 N–H and O–H groups in total. The van der Waals surface area contributed by atoms with E-state index in [1.807, 2.05) is 29.1 Å². The minimum atomic E-state index is -1.23. The van der Waals surface area contributed by atoms with Crippen molar-refractivity contribution in [3.05, 3.63) is 47.8 Å². The summed E-state index contributed by atoms with van der Waals surface area (Å²) in [5.74, 6) is -0.205. The molecule has 3 heterocycles. The van der Waals surface area contributed by atoms with Gasteiger partial charge < -0.3 is 30.0 Å². The molecule has 0 saturated carbocycles. The molecule has 3 aliphatic rings. The predicted molar refractivity (Wildman–Crippen MR) is 104 cm³/mol. The second-order valence-corrected chi connectivity index (χ2v) is 7.72. The predicted octanol–water partition coefficient (Wildman–Crippen LogP) is 0.832. The Morgan fingerprint density at radius 1 is 1.14 bits per heavy atom. The molecule has 2 saturated heterocycles. The van der Waals surface area contributed by atoms with Crippen molar-refractivity contribution < 1.29 is 19.5 Å². The zero-order chi connectivity index (χ0) is 20.5. The second-order valence-electron chi connectivity index (χ2n) is 7.72. The van der Waals surface area contributed by atoms with Crippen LogP contribution >= 0.6 is 0 Å². The third-order valence-corrected chi connectivity index (χ3v) is 5.74. The first-order chi connectivity index (χ1) is 13.9. The molecule has 1 aromatic rings. The van der Waals surface area contributed by atoms with Crippen molar-refractivity contribution in [2.24, 2.45) is 0 Å². The Labute approximate surface area is 169 Å². The molecule has 3 amide bonds. The van der Waals surface area contributed by atoms with Gasteiger partial charge in [0.25, 0.3) is 5.91 Å². The van der Waals surface area contributed by atoms with Gasteiger partial charge in [0.1, 0.15) is 11.7 Å². The minimum absolute atomic E-state index is 0.0498. The maximum Gasteiger partial charge on any atom is 0.405 e. The summed E-state index contributed by atoms with van der Waals surface area (Å²) in [6, 6.07) is 8.03. The van der Waals surface area contributed by atoms with Gasteiger partial charge in [-0.05, 0) is 18.4 Å². The Kier molecular flexibility index (Phi) is 5.04. The van der Waals surface area contributed by atoms with Crippen LogP contribution in [0.15, 0.2) is 42.2 Å². The molecule has 154 valence electrons. The number of nitrogens with one attached hydrogen (secondary N) is 1. The van der Waals surface area contributed by atoms with Crippen molar-refractivity contribution in [3.63, 3.8) is 0 Å². The quantitative estimate of drug-likeness (QED) is 0.779. The Morgan fingerprint density at radius 2 is 1.83 bits per heavy atom. The van der Waals surface area contributed by atoms with Gasteiger partial charge in [-0.1, -0.05) is 30.3 Å².